The summed E-state index contributed by atoms with van der Waals surface area (Å²) < 4.78 is 6.03. The molecule has 2 aromatic heterocycles. The minimum Gasteiger partial charge on any atom is -0.375 e. The summed E-state index contributed by atoms with van der Waals surface area (Å²) in [5.41, 5.74) is 3.21. The molecule has 0 bridgehead atoms. The molecule has 3 aromatic rings. The second-order valence-electron chi connectivity index (χ2n) is 6.41. The largest absolute Gasteiger partial charge is 0.375 e. The fourth-order valence-electron chi connectivity index (χ4n) is 3.30. The zero-order valence-corrected chi connectivity index (χ0v) is 14.2. The van der Waals surface area contributed by atoms with E-state index >= 15 is 0 Å². The van der Waals surface area contributed by atoms with Crippen LogP contribution < -0.4 is 5.32 Å². The Kier molecular flexibility index (Phi) is 4.90. The average Bonchev–Trinajstić information content (AvgIpc) is 3.02. The van der Waals surface area contributed by atoms with Gasteiger partial charge in [0.25, 0.3) is 0 Å². The Hall–Kier alpha value is -2.44. The number of benzene rings is 1. The van der Waals surface area contributed by atoms with Crippen LogP contribution in [0.15, 0.2) is 48.9 Å². The maximum atomic E-state index is 6.03. The molecule has 0 radical (unpaired) electrons. The maximum absolute atomic E-state index is 6.03. The molecule has 1 saturated heterocycles. The van der Waals surface area contributed by atoms with E-state index < -0.39 is 0 Å². The van der Waals surface area contributed by atoms with Crippen LogP contribution in [0.5, 0.6) is 0 Å². The number of hydrogen-bond acceptors (Lipinski definition) is 5. The number of nitrogens with one attached hydrogen (secondary N) is 2. The average molecular weight is 337 g/mol. The molecule has 0 saturated carbocycles. The van der Waals surface area contributed by atoms with E-state index in [9.17, 15) is 0 Å². The number of fused-ring (bicyclic) bond motifs is 1. The van der Waals surface area contributed by atoms with Gasteiger partial charge in [-0.15, -0.1) is 0 Å². The summed E-state index contributed by atoms with van der Waals surface area (Å²) >= 11 is 0. The molecule has 0 aliphatic carbocycles. The first-order chi connectivity index (χ1) is 12.4. The van der Waals surface area contributed by atoms with Crippen LogP contribution in [0.2, 0.25) is 0 Å². The van der Waals surface area contributed by atoms with Crippen LogP contribution in [0.3, 0.4) is 0 Å². The zero-order valence-electron chi connectivity index (χ0n) is 14.2. The fraction of sp³-hybridized carbons (Fsp3) is 0.368. The Morgan fingerprint density at radius 1 is 1.20 bits per heavy atom. The van der Waals surface area contributed by atoms with Crippen molar-refractivity contribution in [3.8, 4) is 0 Å². The van der Waals surface area contributed by atoms with Gasteiger partial charge in [0, 0.05) is 39.0 Å². The van der Waals surface area contributed by atoms with Crippen molar-refractivity contribution < 1.29 is 4.74 Å². The van der Waals surface area contributed by atoms with E-state index in [0.29, 0.717) is 0 Å². The highest BCUT2D eigenvalue weighted by Crippen LogP contribution is 2.17. The minimum absolute atomic E-state index is 0.145. The predicted octanol–water partition coefficient (Wildman–Crippen LogP) is 2.66. The van der Waals surface area contributed by atoms with Crippen molar-refractivity contribution in [1.29, 1.82) is 0 Å². The van der Waals surface area contributed by atoms with E-state index in [1.54, 1.807) is 6.33 Å². The van der Waals surface area contributed by atoms with Gasteiger partial charge >= 0.3 is 0 Å². The van der Waals surface area contributed by atoms with Crippen molar-refractivity contribution in [3.05, 3.63) is 54.5 Å². The molecule has 1 aromatic carbocycles. The third kappa shape index (κ3) is 3.97. The van der Waals surface area contributed by atoms with E-state index in [-0.39, 0.29) is 6.10 Å². The van der Waals surface area contributed by atoms with Gasteiger partial charge in [-0.25, -0.2) is 9.97 Å². The van der Waals surface area contributed by atoms with Crippen LogP contribution in [-0.4, -0.2) is 52.2 Å². The van der Waals surface area contributed by atoms with E-state index in [2.05, 4.69) is 55.5 Å². The van der Waals surface area contributed by atoms with Crippen molar-refractivity contribution >= 4 is 16.9 Å². The summed E-state index contributed by atoms with van der Waals surface area (Å²) in [6.45, 7) is 4.49. The topological polar surface area (TPSA) is 66.1 Å². The molecule has 6 heteroatoms. The molecule has 6 nitrogen and oxygen atoms in total. The summed E-state index contributed by atoms with van der Waals surface area (Å²) in [4.78, 5) is 14.3. The number of aromatic amines is 1. The highest BCUT2D eigenvalue weighted by Gasteiger charge is 2.19. The standard InChI is InChI=1S/C19H23N5O/c1-2-5-15(6-3-1)12-24-9-4-10-25-16(13-24)11-21-19-18-17(7-8-20-18)22-14-23-19/h1-3,5-8,14,16,20H,4,9-13H2,(H,21,22,23). The summed E-state index contributed by atoms with van der Waals surface area (Å²) in [6.07, 6.45) is 4.69. The van der Waals surface area contributed by atoms with Crippen LogP contribution in [0.4, 0.5) is 5.82 Å². The van der Waals surface area contributed by atoms with Gasteiger partial charge in [0.15, 0.2) is 5.82 Å². The lowest BCUT2D eigenvalue weighted by Crippen LogP contribution is -2.35. The molecular weight excluding hydrogens is 314 g/mol. The molecule has 1 fully saturated rings. The molecule has 1 unspecified atom stereocenters. The molecule has 130 valence electrons. The lowest BCUT2D eigenvalue weighted by atomic mass is 10.2. The molecule has 25 heavy (non-hydrogen) atoms. The number of hydrogen-bond donors (Lipinski definition) is 2. The molecule has 4 rings (SSSR count). The Labute approximate surface area is 147 Å². The van der Waals surface area contributed by atoms with Gasteiger partial charge < -0.3 is 15.0 Å². The SMILES string of the molecule is c1ccc(CN2CCCOC(CNc3ncnc4cc[nH]c34)C2)cc1. The van der Waals surface area contributed by atoms with Crippen LogP contribution in [-0.2, 0) is 11.3 Å². The third-order valence-corrected chi connectivity index (χ3v) is 4.53. The van der Waals surface area contributed by atoms with Crippen molar-refractivity contribution in [1.82, 2.24) is 19.9 Å². The van der Waals surface area contributed by atoms with Gasteiger partial charge in [-0.1, -0.05) is 30.3 Å². The van der Waals surface area contributed by atoms with Crippen LogP contribution in [0, 0.1) is 0 Å². The van der Waals surface area contributed by atoms with Gasteiger partial charge in [-0.05, 0) is 18.1 Å². The zero-order chi connectivity index (χ0) is 16.9. The number of anilines is 1. The van der Waals surface area contributed by atoms with Gasteiger partial charge in [0.1, 0.15) is 11.8 Å². The van der Waals surface area contributed by atoms with Crippen LogP contribution in [0.1, 0.15) is 12.0 Å². The number of H-pyrrole nitrogens is 1. The first kappa shape index (κ1) is 16.1. The number of ether oxygens (including phenoxy) is 1. The highest BCUT2D eigenvalue weighted by atomic mass is 16.5. The van der Waals surface area contributed by atoms with Crippen molar-refractivity contribution in [2.75, 3.05) is 31.6 Å². The van der Waals surface area contributed by atoms with E-state index in [0.717, 1.165) is 56.1 Å². The minimum atomic E-state index is 0.145. The molecule has 3 heterocycles. The van der Waals surface area contributed by atoms with Gasteiger partial charge in [-0.2, -0.15) is 0 Å². The quantitative estimate of drug-likeness (QED) is 0.749. The predicted molar refractivity (Wildman–Crippen MR) is 98.5 cm³/mol. The Bertz CT molecular complexity index is 804. The van der Waals surface area contributed by atoms with Gasteiger partial charge in [0.2, 0.25) is 0 Å². The lowest BCUT2D eigenvalue weighted by Gasteiger charge is -2.24. The van der Waals surface area contributed by atoms with Crippen LogP contribution >= 0.6 is 0 Å². The second kappa shape index (κ2) is 7.63. The molecular formula is C19H23N5O. The Morgan fingerprint density at radius 3 is 3.04 bits per heavy atom. The monoisotopic (exact) mass is 337 g/mol. The molecule has 2 N–H and O–H groups in total. The second-order valence-corrected chi connectivity index (χ2v) is 6.41. The van der Waals surface area contributed by atoms with Gasteiger partial charge in [0.05, 0.1) is 11.6 Å². The maximum Gasteiger partial charge on any atom is 0.153 e. The number of aromatic nitrogens is 3. The third-order valence-electron chi connectivity index (χ3n) is 4.53. The van der Waals surface area contributed by atoms with Gasteiger partial charge in [-0.3, -0.25) is 4.90 Å². The summed E-state index contributed by atoms with van der Waals surface area (Å²) in [6, 6.07) is 12.6. The lowest BCUT2D eigenvalue weighted by molar-refractivity contribution is 0.0625. The fourth-order valence-corrected chi connectivity index (χ4v) is 3.30. The summed E-state index contributed by atoms with van der Waals surface area (Å²) in [7, 11) is 0. The smallest absolute Gasteiger partial charge is 0.153 e. The van der Waals surface area contributed by atoms with E-state index in [1.807, 2.05) is 12.3 Å². The molecule has 0 amide bonds. The van der Waals surface area contributed by atoms with Crippen molar-refractivity contribution in [2.24, 2.45) is 0 Å². The van der Waals surface area contributed by atoms with Crippen molar-refractivity contribution in [3.63, 3.8) is 0 Å². The highest BCUT2D eigenvalue weighted by molar-refractivity contribution is 5.85. The van der Waals surface area contributed by atoms with E-state index in [1.165, 1.54) is 5.56 Å². The number of nitrogens with zero attached hydrogens (tertiary/aromatic N) is 3. The number of rotatable bonds is 5. The first-order valence-electron chi connectivity index (χ1n) is 8.78. The normalized spacial score (nSPS) is 19.0. The van der Waals surface area contributed by atoms with Crippen molar-refractivity contribution in [2.45, 2.75) is 19.1 Å². The Morgan fingerprint density at radius 2 is 2.12 bits per heavy atom. The molecule has 1 aliphatic heterocycles. The van der Waals surface area contributed by atoms with Crippen LogP contribution in [0.25, 0.3) is 11.0 Å². The summed E-state index contributed by atoms with van der Waals surface area (Å²) in [5, 5.41) is 3.42. The first-order valence-corrected chi connectivity index (χ1v) is 8.78. The Balaban J connectivity index is 1.38. The molecule has 1 aliphatic rings. The summed E-state index contributed by atoms with van der Waals surface area (Å²) in [5.74, 6) is 0.831. The van der Waals surface area contributed by atoms with E-state index in [4.69, 9.17) is 4.74 Å². The molecule has 1 atom stereocenters. The molecule has 0 spiro atoms.